The number of benzene rings is 2. The third-order valence-corrected chi connectivity index (χ3v) is 7.73. The summed E-state index contributed by atoms with van der Waals surface area (Å²) in [6.45, 7) is 0.159. The molecule has 3 aromatic rings. The summed E-state index contributed by atoms with van der Waals surface area (Å²) >= 11 is 13.7. The van der Waals surface area contributed by atoms with Crippen LogP contribution >= 0.6 is 34.5 Å². The lowest BCUT2D eigenvalue weighted by Gasteiger charge is -2.11. The minimum atomic E-state index is -3.58. The summed E-state index contributed by atoms with van der Waals surface area (Å²) in [7, 11) is -0.704. The average Bonchev–Trinajstić information content (AvgIpc) is 3.03. The largest absolute Gasteiger partial charge is 0.303 e. The second kappa shape index (κ2) is 8.30. The number of carbonyl (C=O) groups is 1. The van der Waals surface area contributed by atoms with Gasteiger partial charge in [-0.15, -0.1) is 6.42 Å². The molecular formula is C19H15Cl2N3O3S2. The van der Waals surface area contributed by atoms with Gasteiger partial charge in [0.05, 0.1) is 31.7 Å². The highest BCUT2D eigenvalue weighted by Crippen LogP contribution is 2.32. The highest BCUT2D eigenvalue weighted by molar-refractivity contribution is 7.89. The fourth-order valence-electron chi connectivity index (χ4n) is 2.56. The van der Waals surface area contributed by atoms with E-state index in [1.54, 1.807) is 16.7 Å². The molecular weight excluding hydrogens is 453 g/mol. The minimum Gasteiger partial charge on any atom is -0.303 e. The maximum atomic E-state index is 12.7. The van der Waals surface area contributed by atoms with Crippen LogP contribution < -0.4 is 4.80 Å². The van der Waals surface area contributed by atoms with Crippen molar-refractivity contribution in [1.29, 1.82) is 0 Å². The Morgan fingerprint density at radius 1 is 1.21 bits per heavy atom. The molecule has 0 atom stereocenters. The van der Waals surface area contributed by atoms with Crippen LogP contribution in [0.3, 0.4) is 0 Å². The molecule has 0 spiro atoms. The smallest absolute Gasteiger partial charge is 0.279 e. The van der Waals surface area contributed by atoms with E-state index in [2.05, 4.69) is 10.9 Å². The first-order valence-corrected chi connectivity index (χ1v) is 11.2. The van der Waals surface area contributed by atoms with Gasteiger partial charge in [0.1, 0.15) is 0 Å². The Bertz CT molecular complexity index is 1320. The molecule has 6 nitrogen and oxygen atoms in total. The Balaban J connectivity index is 2.08. The van der Waals surface area contributed by atoms with Crippen LogP contribution in [0.4, 0.5) is 0 Å². The lowest BCUT2D eigenvalue weighted by atomic mass is 10.2. The summed E-state index contributed by atoms with van der Waals surface area (Å²) in [5.41, 5.74) is 0.859. The molecule has 3 rings (SSSR count). The van der Waals surface area contributed by atoms with Gasteiger partial charge in [0, 0.05) is 19.7 Å². The lowest BCUT2D eigenvalue weighted by Crippen LogP contribution is -2.22. The van der Waals surface area contributed by atoms with Crippen molar-refractivity contribution in [2.24, 2.45) is 4.99 Å². The van der Waals surface area contributed by atoms with E-state index >= 15 is 0 Å². The van der Waals surface area contributed by atoms with Gasteiger partial charge >= 0.3 is 0 Å². The number of aromatic nitrogens is 1. The highest BCUT2D eigenvalue weighted by atomic mass is 35.5. The maximum absolute atomic E-state index is 12.7. The number of thiazole rings is 1. The molecule has 29 heavy (non-hydrogen) atoms. The third-order valence-electron chi connectivity index (χ3n) is 4.06. The topological polar surface area (TPSA) is 71.7 Å². The van der Waals surface area contributed by atoms with Gasteiger partial charge in [-0.1, -0.05) is 40.5 Å². The number of hydrogen-bond acceptors (Lipinski definition) is 4. The second-order valence-electron chi connectivity index (χ2n) is 6.11. The summed E-state index contributed by atoms with van der Waals surface area (Å²) in [5.74, 6) is 1.99. The predicted octanol–water partition coefficient (Wildman–Crippen LogP) is 3.63. The lowest BCUT2D eigenvalue weighted by molar-refractivity contribution is 0.0998. The molecule has 0 fully saturated rings. The Kier molecular flexibility index (Phi) is 6.17. The summed E-state index contributed by atoms with van der Waals surface area (Å²) in [4.78, 5) is 17.3. The van der Waals surface area contributed by atoms with E-state index in [4.69, 9.17) is 29.6 Å². The van der Waals surface area contributed by atoms with E-state index in [9.17, 15) is 13.2 Å². The van der Waals surface area contributed by atoms with Crippen molar-refractivity contribution < 1.29 is 13.2 Å². The third kappa shape index (κ3) is 4.10. The number of amides is 1. The molecule has 1 amide bonds. The first kappa shape index (κ1) is 21.6. The van der Waals surface area contributed by atoms with Gasteiger partial charge in [0.2, 0.25) is 10.0 Å². The van der Waals surface area contributed by atoms with Gasteiger partial charge in [-0.25, -0.2) is 12.7 Å². The van der Waals surface area contributed by atoms with Crippen LogP contribution in [0.1, 0.15) is 10.4 Å². The van der Waals surface area contributed by atoms with Gasteiger partial charge in [-0.3, -0.25) is 4.79 Å². The molecule has 0 bridgehead atoms. The van der Waals surface area contributed by atoms with Crippen LogP contribution in [0, 0.1) is 12.3 Å². The molecule has 0 saturated carbocycles. The molecule has 0 aliphatic heterocycles. The molecule has 0 N–H and O–H groups in total. The first-order valence-electron chi connectivity index (χ1n) is 8.19. The number of halogens is 2. The maximum Gasteiger partial charge on any atom is 0.279 e. The SMILES string of the molecule is C#CCn1c(=NC(=O)c2ccc(S(=O)(=O)N(C)C)cc2)sc2ccc(Cl)c(Cl)c21. The summed E-state index contributed by atoms with van der Waals surface area (Å²) < 4.78 is 27.8. The number of nitrogens with zero attached hydrogens (tertiary/aromatic N) is 3. The molecule has 0 unspecified atom stereocenters. The zero-order chi connectivity index (χ0) is 21.3. The van der Waals surface area contributed by atoms with E-state index in [1.165, 1.54) is 49.7 Å². The molecule has 150 valence electrons. The molecule has 1 heterocycles. The standard InChI is InChI=1S/C19H15Cl2N3O3S2/c1-4-11-24-17-15(10-9-14(20)16(17)21)28-19(24)22-18(25)12-5-7-13(8-6-12)29(26,27)23(2)3/h1,5-10H,11H2,2-3H3. The normalized spacial score (nSPS) is 12.5. The molecule has 0 aliphatic carbocycles. The van der Waals surface area contributed by atoms with Crippen molar-refractivity contribution in [3.63, 3.8) is 0 Å². The van der Waals surface area contributed by atoms with E-state index in [-0.39, 0.29) is 17.0 Å². The molecule has 0 saturated heterocycles. The Labute approximate surface area is 182 Å². The number of carbonyl (C=O) groups excluding carboxylic acids is 1. The van der Waals surface area contributed by atoms with E-state index < -0.39 is 15.9 Å². The Hall–Kier alpha value is -2.15. The minimum absolute atomic E-state index is 0.0877. The zero-order valence-corrected chi connectivity index (χ0v) is 18.5. The van der Waals surface area contributed by atoms with Crippen molar-refractivity contribution in [2.45, 2.75) is 11.4 Å². The van der Waals surface area contributed by atoms with Crippen LogP contribution in [0.5, 0.6) is 0 Å². The molecule has 0 radical (unpaired) electrons. The second-order valence-corrected chi connectivity index (χ2v) is 10.1. The van der Waals surface area contributed by atoms with Crippen LogP contribution in [0.2, 0.25) is 10.0 Å². The van der Waals surface area contributed by atoms with E-state index in [1.807, 2.05) is 0 Å². The molecule has 2 aromatic carbocycles. The van der Waals surface area contributed by atoms with E-state index in [0.29, 0.717) is 20.4 Å². The number of fused-ring (bicyclic) bond motifs is 1. The van der Waals surface area contributed by atoms with Gasteiger partial charge in [-0.05, 0) is 36.4 Å². The van der Waals surface area contributed by atoms with Gasteiger partial charge in [0.25, 0.3) is 5.91 Å². The van der Waals surface area contributed by atoms with Crippen molar-refractivity contribution in [3.8, 4) is 12.3 Å². The fourth-order valence-corrected chi connectivity index (χ4v) is 4.97. The first-order chi connectivity index (χ1) is 13.7. The fraction of sp³-hybridized carbons (Fsp3) is 0.158. The van der Waals surface area contributed by atoms with Crippen LogP contribution in [0.15, 0.2) is 46.3 Å². The number of sulfonamides is 1. The summed E-state index contributed by atoms with van der Waals surface area (Å²) in [6, 6.07) is 9.03. The van der Waals surface area contributed by atoms with Gasteiger partial charge in [-0.2, -0.15) is 4.99 Å². The quantitative estimate of drug-likeness (QED) is 0.549. The number of rotatable bonds is 4. The van der Waals surface area contributed by atoms with Crippen LogP contribution in [-0.2, 0) is 16.6 Å². The predicted molar refractivity (Wildman–Crippen MR) is 116 cm³/mol. The monoisotopic (exact) mass is 467 g/mol. The Morgan fingerprint density at radius 2 is 1.86 bits per heavy atom. The van der Waals surface area contributed by atoms with Gasteiger partial charge in [0.15, 0.2) is 4.80 Å². The summed E-state index contributed by atoms with van der Waals surface area (Å²) in [6.07, 6.45) is 5.46. The molecule has 1 aromatic heterocycles. The Morgan fingerprint density at radius 3 is 2.45 bits per heavy atom. The summed E-state index contributed by atoms with van der Waals surface area (Å²) in [5, 5.41) is 0.709. The average molecular weight is 468 g/mol. The number of hydrogen-bond donors (Lipinski definition) is 0. The van der Waals surface area contributed by atoms with Crippen molar-refractivity contribution in [1.82, 2.24) is 8.87 Å². The molecule has 0 aliphatic rings. The zero-order valence-electron chi connectivity index (χ0n) is 15.4. The molecule has 10 heteroatoms. The van der Waals surface area contributed by atoms with Crippen molar-refractivity contribution in [3.05, 3.63) is 56.8 Å². The number of terminal acetylenes is 1. The van der Waals surface area contributed by atoms with E-state index in [0.717, 1.165) is 9.01 Å². The van der Waals surface area contributed by atoms with Crippen molar-refractivity contribution in [2.75, 3.05) is 14.1 Å². The highest BCUT2D eigenvalue weighted by Gasteiger charge is 2.18. The van der Waals surface area contributed by atoms with Crippen molar-refractivity contribution >= 4 is 60.7 Å². The van der Waals surface area contributed by atoms with Crippen LogP contribution in [0.25, 0.3) is 10.2 Å². The van der Waals surface area contributed by atoms with Gasteiger partial charge < -0.3 is 4.57 Å². The van der Waals surface area contributed by atoms with Crippen LogP contribution in [-0.4, -0.2) is 37.3 Å².